The number of aliphatic hydroxyl groups excluding tert-OH is 1. The zero-order chi connectivity index (χ0) is 19.9. The molecule has 0 amide bonds. The van der Waals surface area contributed by atoms with Crippen molar-refractivity contribution in [1.29, 1.82) is 0 Å². The maximum Gasteiger partial charge on any atom is 0.270 e. The number of hydrogen-bond donors (Lipinski definition) is 2. The van der Waals surface area contributed by atoms with E-state index in [4.69, 9.17) is 4.74 Å². The molecule has 1 heterocycles. The predicted octanol–water partition coefficient (Wildman–Crippen LogP) is 2.26. The van der Waals surface area contributed by atoms with Crippen LogP contribution in [0.1, 0.15) is 22.0 Å². The number of nitro benzene ring substituents is 1. The maximum atomic E-state index is 12.9. The fraction of sp³-hybridized carbons (Fsp3) is 0.350. The van der Waals surface area contributed by atoms with Gasteiger partial charge in [-0.2, -0.15) is 0 Å². The molecule has 0 radical (unpaired) electrons. The van der Waals surface area contributed by atoms with Crippen LogP contribution in [-0.2, 0) is 4.74 Å². The van der Waals surface area contributed by atoms with Gasteiger partial charge < -0.3 is 15.2 Å². The number of ketones is 1. The Kier molecular flexibility index (Phi) is 6.70. The number of anilines is 1. The monoisotopic (exact) mass is 385 g/mol. The van der Waals surface area contributed by atoms with E-state index in [1.807, 2.05) is 0 Å². The van der Waals surface area contributed by atoms with Gasteiger partial charge in [0.1, 0.15) is 6.10 Å². The molecule has 148 valence electrons. The van der Waals surface area contributed by atoms with E-state index >= 15 is 0 Å². The van der Waals surface area contributed by atoms with Gasteiger partial charge in [-0.1, -0.05) is 30.3 Å². The number of carbonyl (C=O) groups is 1. The molecule has 8 heteroatoms. The molecule has 2 aromatic carbocycles. The molecule has 0 aliphatic carbocycles. The molecule has 28 heavy (non-hydrogen) atoms. The van der Waals surface area contributed by atoms with Gasteiger partial charge in [-0.3, -0.25) is 19.8 Å². The van der Waals surface area contributed by atoms with Crippen molar-refractivity contribution in [2.45, 2.75) is 6.10 Å². The number of ether oxygens (including phenoxy) is 1. The van der Waals surface area contributed by atoms with Crippen LogP contribution in [0.2, 0.25) is 0 Å². The van der Waals surface area contributed by atoms with Crippen LogP contribution in [0.15, 0.2) is 48.5 Å². The summed E-state index contributed by atoms with van der Waals surface area (Å²) in [7, 11) is 0. The van der Waals surface area contributed by atoms with E-state index in [1.165, 1.54) is 18.2 Å². The molecule has 1 unspecified atom stereocenters. The highest BCUT2D eigenvalue weighted by Crippen LogP contribution is 2.27. The second-order valence-electron chi connectivity index (χ2n) is 6.55. The fourth-order valence-electron chi connectivity index (χ4n) is 3.11. The van der Waals surface area contributed by atoms with E-state index in [9.17, 15) is 20.0 Å². The lowest BCUT2D eigenvalue weighted by atomic mass is 9.98. The van der Waals surface area contributed by atoms with Crippen molar-refractivity contribution in [3.63, 3.8) is 0 Å². The number of morpholine rings is 1. The van der Waals surface area contributed by atoms with Gasteiger partial charge in [-0.15, -0.1) is 0 Å². The summed E-state index contributed by atoms with van der Waals surface area (Å²) in [5.74, 6) is -0.580. The zero-order valence-corrected chi connectivity index (χ0v) is 15.4. The Bertz CT molecular complexity index is 822. The van der Waals surface area contributed by atoms with Crippen molar-refractivity contribution >= 4 is 17.2 Å². The third-order valence-electron chi connectivity index (χ3n) is 4.69. The van der Waals surface area contributed by atoms with Gasteiger partial charge in [0.2, 0.25) is 0 Å². The first-order valence-corrected chi connectivity index (χ1v) is 9.16. The lowest BCUT2D eigenvalue weighted by Crippen LogP contribution is -2.39. The van der Waals surface area contributed by atoms with E-state index in [-0.39, 0.29) is 11.3 Å². The number of nitro groups is 1. The Morgan fingerprint density at radius 2 is 1.93 bits per heavy atom. The topological polar surface area (TPSA) is 105 Å². The minimum atomic E-state index is -1.39. The lowest BCUT2D eigenvalue weighted by molar-refractivity contribution is -0.384. The lowest BCUT2D eigenvalue weighted by Gasteiger charge is -2.26. The van der Waals surface area contributed by atoms with Gasteiger partial charge in [0.25, 0.3) is 5.69 Å². The highest BCUT2D eigenvalue weighted by atomic mass is 16.6. The molecule has 1 fully saturated rings. The van der Waals surface area contributed by atoms with Crippen molar-refractivity contribution < 1.29 is 19.6 Å². The molecule has 1 aliphatic rings. The Hall–Kier alpha value is -2.81. The first kappa shape index (κ1) is 19.9. The summed E-state index contributed by atoms with van der Waals surface area (Å²) >= 11 is 0. The predicted molar refractivity (Wildman–Crippen MR) is 105 cm³/mol. The van der Waals surface area contributed by atoms with Gasteiger partial charge in [0.15, 0.2) is 5.78 Å². The minimum absolute atomic E-state index is 0.104. The summed E-state index contributed by atoms with van der Waals surface area (Å²) in [5, 5.41) is 24.8. The van der Waals surface area contributed by atoms with Crippen LogP contribution in [-0.4, -0.2) is 60.1 Å². The van der Waals surface area contributed by atoms with E-state index in [1.54, 1.807) is 30.3 Å². The molecule has 2 N–H and O–H groups in total. The number of carbonyl (C=O) groups excluding carboxylic acids is 1. The van der Waals surface area contributed by atoms with Gasteiger partial charge in [0.05, 0.1) is 23.7 Å². The molecule has 1 atom stereocenters. The van der Waals surface area contributed by atoms with Gasteiger partial charge in [-0.25, -0.2) is 0 Å². The Labute approximate surface area is 162 Å². The molecule has 1 aliphatic heterocycles. The van der Waals surface area contributed by atoms with Crippen LogP contribution in [0.3, 0.4) is 0 Å². The molecule has 1 saturated heterocycles. The molecular formula is C20H23N3O5. The summed E-state index contributed by atoms with van der Waals surface area (Å²) in [6, 6.07) is 12.6. The van der Waals surface area contributed by atoms with Crippen molar-refractivity contribution in [3.05, 3.63) is 69.8 Å². The second kappa shape index (κ2) is 9.41. The van der Waals surface area contributed by atoms with Crippen LogP contribution in [0.5, 0.6) is 0 Å². The third-order valence-corrected chi connectivity index (χ3v) is 4.69. The van der Waals surface area contributed by atoms with Gasteiger partial charge in [-0.05, 0) is 11.6 Å². The van der Waals surface area contributed by atoms with Crippen LogP contribution in [0, 0.1) is 10.1 Å². The first-order valence-electron chi connectivity index (χ1n) is 9.16. The number of benzene rings is 2. The highest BCUT2D eigenvalue weighted by Gasteiger charge is 2.24. The number of hydrogen-bond acceptors (Lipinski definition) is 7. The van der Waals surface area contributed by atoms with Crippen molar-refractivity contribution in [1.82, 2.24) is 4.90 Å². The van der Waals surface area contributed by atoms with E-state index in [0.717, 1.165) is 19.6 Å². The van der Waals surface area contributed by atoms with E-state index in [2.05, 4.69) is 10.2 Å². The van der Waals surface area contributed by atoms with Crippen LogP contribution in [0.25, 0.3) is 0 Å². The SMILES string of the molecule is O=C(c1cc([N+](=O)[O-])ccc1NCCN1CCOCC1)C(O)c1ccccc1. The molecule has 8 nitrogen and oxygen atoms in total. The Balaban J connectivity index is 1.77. The summed E-state index contributed by atoms with van der Waals surface area (Å²) < 4.78 is 5.32. The molecule has 0 spiro atoms. The summed E-state index contributed by atoms with van der Waals surface area (Å²) in [6.45, 7) is 4.42. The molecule has 0 aromatic heterocycles. The second-order valence-corrected chi connectivity index (χ2v) is 6.55. The van der Waals surface area contributed by atoms with Crippen molar-refractivity contribution in [3.8, 4) is 0 Å². The van der Waals surface area contributed by atoms with Crippen LogP contribution < -0.4 is 5.32 Å². The van der Waals surface area contributed by atoms with Gasteiger partial charge >= 0.3 is 0 Å². The smallest absolute Gasteiger partial charge is 0.270 e. The number of rotatable bonds is 8. The number of Topliss-reactive ketones (excluding diaryl/α,β-unsaturated/α-hetero) is 1. The largest absolute Gasteiger partial charge is 0.383 e. The number of nitrogens with zero attached hydrogens (tertiary/aromatic N) is 2. The standard InChI is InChI=1S/C20H23N3O5/c24-19(15-4-2-1-3-5-15)20(25)17-14-16(23(26)27)6-7-18(17)21-8-9-22-10-12-28-13-11-22/h1-7,14,19,21,24H,8-13H2. The zero-order valence-electron chi connectivity index (χ0n) is 15.4. The minimum Gasteiger partial charge on any atom is -0.383 e. The Morgan fingerprint density at radius 3 is 2.61 bits per heavy atom. The first-order chi connectivity index (χ1) is 13.6. The normalized spacial score (nSPS) is 15.8. The summed E-state index contributed by atoms with van der Waals surface area (Å²) in [4.78, 5) is 25.7. The van der Waals surface area contributed by atoms with Crippen molar-refractivity contribution in [2.75, 3.05) is 44.7 Å². The molecule has 2 aromatic rings. The third kappa shape index (κ3) is 4.92. The van der Waals surface area contributed by atoms with Crippen molar-refractivity contribution in [2.24, 2.45) is 0 Å². The van der Waals surface area contributed by atoms with Crippen LogP contribution >= 0.6 is 0 Å². The number of aliphatic hydroxyl groups is 1. The number of nitrogens with one attached hydrogen (secondary N) is 1. The Morgan fingerprint density at radius 1 is 1.21 bits per heavy atom. The fourth-order valence-corrected chi connectivity index (χ4v) is 3.11. The number of non-ortho nitro benzene ring substituents is 1. The summed E-state index contributed by atoms with van der Waals surface area (Å²) in [5.41, 5.74) is 0.826. The molecular weight excluding hydrogens is 362 g/mol. The average Bonchev–Trinajstić information content (AvgIpc) is 2.74. The maximum absolute atomic E-state index is 12.9. The quantitative estimate of drug-likeness (QED) is 0.408. The van der Waals surface area contributed by atoms with Crippen LogP contribution in [0.4, 0.5) is 11.4 Å². The molecule has 0 bridgehead atoms. The average molecular weight is 385 g/mol. The summed E-state index contributed by atoms with van der Waals surface area (Å²) in [6.07, 6.45) is -1.39. The van der Waals surface area contributed by atoms with E-state index in [0.29, 0.717) is 31.0 Å². The highest BCUT2D eigenvalue weighted by molar-refractivity contribution is 6.04. The van der Waals surface area contributed by atoms with E-state index < -0.39 is 16.8 Å². The molecule has 0 saturated carbocycles. The molecule has 3 rings (SSSR count). The van der Waals surface area contributed by atoms with Gasteiger partial charge in [0, 0.05) is 44.0 Å².